The summed E-state index contributed by atoms with van der Waals surface area (Å²) in [5.74, 6) is 0. The van der Waals surface area contributed by atoms with Crippen LogP contribution in [0.2, 0.25) is 18.6 Å². The standard InChI is InChI=1S/C16H21ClSi/c1-11-12(2)15(14-9-7-6-8-10-14)16(13(11)3)18(4,5)17/h6-10,16H,1-5H3. The van der Waals surface area contributed by atoms with Gasteiger partial charge in [-0.15, -0.1) is 0 Å². The Balaban J connectivity index is 2.59. The third-order valence-electron chi connectivity index (χ3n) is 4.05. The Morgan fingerprint density at radius 3 is 2.00 bits per heavy atom. The highest BCUT2D eigenvalue weighted by Gasteiger charge is 2.39. The molecule has 0 heterocycles. The van der Waals surface area contributed by atoms with E-state index in [4.69, 9.17) is 11.1 Å². The van der Waals surface area contributed by atoms with E-state index < -0.39 is 7.38 Å². The first-order valence-corrected chi connectivity index (χ1v) is 10.6. The van der Waals surface area contributed by atoms with Crippen LogP contribution in [0.3, 0.4) is 0 Å². The summed E-state index contributed by atoms with van der Waals surface area (Å²) in [4.78, 5) is 0. The highest BCUT2D eigenvalue weighted by atomic mass is 35.6. The van der Waals surface area contributed by atoms with Crippen molar-refractivity contribution in [2.45, 2.75) is 39.4 Å². The Morgan fingerprint density at radius 1 is 0.944 bits per heavy atom. The first-order chi connectivity index (χ1) is 8.34. The highest BCUT2D eigenvalue weighted by molar-refractivity contribution is 7.20. The number of benzene rings is 1. The second kappa shape index (κ2) is 4.71. The van der Waals surface area contributed by atoms with E-state index in [2.05, 4.69) is 64.2 Å². The zero-order valence-electron chi connectivity index (χ0n) is 11.8. The number of hydrogen-bond acceptors (Lipinski definition) is 0. The van der Waals surface area contributed by atoms with E-state index in [1.54, 1.807) is 0 Å². The minimum atomic E-state index is -1.76. The summed E-state index contributed by atoms with van der Waals surface area (Å²) >= 11 is 6.78. The van der Waals surface area contributed by atoms with Crippen LogP contribution in [0.25, 0.3) is 5.57 Å². The monoisotopic (exact) mass is 276 g/mol. The quantitative estimate of drug-likeness (QED) is 0.485. The smallest absolute Gasteiger partial charge is 0.161 e. The maximum absolute atomic E-state index is 6.78. The van der Waals surface area contributed by atoms with E-state index in [1.807, 2.05) is 0 Å². The molecule has 0 nitrogen and oxygen atoms in total. The molecule has 1 aliphatic carbocycles. The fourth-order valence-corrected chi connectivity index (χ4v) is 6.14. The van der Waals surface area contributed by atoms with Crippen LogP contribution in [0.15, 0.2) is 47.1 Å². The van der Waals surface area contributed by atoms with Gasteiger partial charge in [0.15, 0.2) is 7.38 Å². The SMILES string of the molecule is CC1=C(C)C([Si](C)(C)Cl)C(c2ccccc2)=C1C. The van der Waals surface area contributed by atoms with Crippen LogP contribution in [0.1, 0.15) is 26.3 Å². The molecule has 18 heavy (non-hydrogen) atoms. The third kappa shape index (κ3) is 2.22. The largest absolute Gasteiger partial charge is 0.167 e. The molecule has 0 bridgehead atoms. The second-order valence-electron chi connectivity index (χ2n) is 5.71. The Hall–Kier alpha value is -0.793. The van der Waals surface area contributed by atoms with Gasteiger partial charge in [-0.3, -0.25) is 0 Å². The lowest BCUT2D eigenvalue weighted by molar-refractivity contribution is 1.17. The predicted octanol–water partition coefficient (Wildman–Crippen LogP) is 5.62. The maximum Gasteiger partial charge on any atom is 0.161 e. The number of allylic oxidation sites excluding steroid dienone is 4. The van der Waals surface area contributed by atoms with Crippen molar-refractivity contribution in [2.75, 3.05) is 0 Å². The summed E-state index contributed by atoms with van der Waals surface area (Å²) in [6, 6.07) is 10.7. The lowest BCUT2D eigenvalue weighted by atomic mass is 10.00. The van der Waals surface area contributed by atoms with Crippen molar-refractivity contribution in [3.8, 4) is 0 Å². The first-order valence-electron chi connectivity index (χ1n) is 6.47. The molecule has 1 aromatic carbocycles. The summed E-state index contributed by atoms with van der Waals surface area (Å²) in [6.07, 6.45) is 0. The van der Waals surface area contributed by atoms with Gasteiger partial charge in [-0.2, -0.15) is 11.1 Å². The molecular weight excluding hydrogens is 256 g/mol. The maximum atomic E-state index is 6.78. The molecule has 2 rings (SSSR count). The van der Waals surface area contributed by atoms with Gasteiger partial charge in [-0.05, 0) is 43.1 Å². The molecule has 0 saturated heterocycles. The van der Waals surface area contributed by atoms with Crippen molar-refractivity contribution in [3.63, 3.8) is 0 Å². The molecule has 1 aliphatic rings. The Labute approximate surface area is 116 Å². The van der Waals surface area contributed by atoms with E-state index in [-0.39, 0.29) is 0 Å². The van der Waals surface area contributed by atoms with Crippen LogP contribution < -0.4 is 0 Å². The van der Waals surface area contributed by atoms with E-state index in [0.717, 1.165) is 0 Å². The van der Waals surface area contributed by atoms with E-state index >= 15 is 0 Å². The van der Waals surface area contributed by atoms with E-state index in [1.165, 1.54) is 27.9 Å². The molecular formula is C16H21ClSi. The van der Waals surface area contributed by atoms with Gasteiger partial charge in [0, 0.05) is 5.54 Å². The molecule has 1 atom stereocenters. The molecule has 1 aromatic rings. The van der Waals surface area contributed by atoms with Crippen molar-refractivity contribution in [2.24, 2.45) is 0 Å². The molecule has 0 fully saturated rings. The average Bonchev–Trinajstić information content (AvgIpc) is 2.54. The third-order valence-corrected chi connectivity index (χ3v) is 6.80. The molecule has 0 spiro atoms. The van der Waals surface area contributed by atoms with Gasteiger partial charge in [0.05, 0.1) is 0 Å². The highest BCUT2D eigenvalue weighted by Crippen LogP contribution is 2.52. The molecule has 96 valence electrons. The Bertz CT molecular complexity index is 518. The molecule has 0 aliphatic heterocycles. The molecule has 0 radical (unpaired) electrons. The summed E-state index contributed by atoms with van der Waals surface area (Å²) in [6.45, 7) is 11.2. The number of rotatable bonds is 2. The van der Waals surface area contributed by atoms with Crippen molar-refractivity contribution < 1.29 is 0 Å². The lowest BCUT2D eigenvalue weighted by Gasteiger charge is -2.27. The number of hydrogen-bond donors (Lipinski definition) is 0. The van der Waals surface area contributed by atoms with Gasteiger partial charge in [0.25, 0.3) is 0 Å². The van der Waals surface area contributed by atoms with Gasteiger partial charge in [0.1, 0.15) is 0 Å². The lowest BCUT2D eigenvalue weighted by Crippen LogP contribution is -2.26. The van der Waals surface area contributed by atoms with Gasteiger partial charge in [0.2, 0.25) is 0 Å². The topological polar surface area (TPSA) is 0 Å². The fraction of sp³-hybridized carbons (Fsp3) is 0.375. The molecule has 0 N–H and O–H groups in total. The van der Waals surface area contributed by atoms with Gasteiger partial charge < -0.3 is 0 Å². The normalized spacial score (nSPS) is 20.9. The van der Waals surface area contributed by atoms with Crippen molar-refractivity contribution >= 4 is 24.0 Å². The summed E-state index contributed by atoms with van der Waals surface area (Å²) in [5.41, 5.74) is 7.55. The molecule has 0 aromatic heterocycles. The van der Waals surface area contributed by atoms with Gasteiger partial charge >= 0.3 is 0 Å². The zero-order chi connectivity index (χ0) is 13.5. The van der Waals surface area contributed by atoms with Crippen LogP contribution in [0.5, 0.6) is 0 Å². The van der Waals surface area contributed by atoms with Crippen LogP contribution >= 0.6 is 11.1 Å². The molecule has 2 heteroatoms. The summed E-state index contributed by atoms with van der Waals surface area (Å²) in [5, 5.41) is 0. The van der Waals surface area contributed by atoms with Gasteiger partial charge in [-0.1, -0.05) is 49.0 Å². The summed E-state index contributed by atoms with van der Waals surface area (Å²) < 4.78 is 0. The van der Waals surface area contributed by atoms with Crippen molar-refractivity contribution in [1.29, 1.82) is 0 Å². The molecule has 0 amide bonds. The predicted molar refractivity (Wildman–Crippen MR) is 84.5 cm³/mol. The van der Waals surface area contributed by atoms with E-state index in [0.29, 0.717) is 5.54 Å². The minimum Gasteiger partial charge on any atom is -0.167 e. The van der Waals surface area contributed by atoms with Gasteiger partial charge in [-0.25, -0.2) is 0 Å². The zero-order valence-corrected chi connectivity index (χ0v) is 13.6. The van der Waals surface area contributed by atoms with Crippen molar-refractivity contribution in [1.82, 2.24) is 0 Å². The van der Waals surface area contributed by atoms with Crippen LogP contribution in [0, 0.1) is 0 Å². The Morgan fingerprint density at radius 2 is 1.50 bits per heavy atom. The van der Waals surface area contributed by atoms with Crippen molar-refractivity contribution in [3.05, 3.63) is 52.6 Å². The molecule has 1 unspecified atom stereocenters. The van der Waals surface area contributed by atoms with E-state index in [9.17, 15) is 0 Å². The number of halogens is 1. The summed E-state index contributed by atoms with van der Waals surface area (Å²) in [7, 11) is -1.76. The first kappa shape index (κ1) is 13.6. The Kier molecular flexibility index (Phi) is 3.57. The minimum absolute atomic E-state index is 0.446. The molecule has 0 saturated carbocycles. The van der Waals surface area contributed by atoms with Crippen LogP contribution in [0.4, 0.5) is 0 Å². The second-order valence-corrected chi connectivity index (χ2v) is 12.3. The fourth-order valence-electron chi connectivity index (χ4n) is 3.01. The van der Waals surface area contributed by atoms with Crippen LogP contribution in [-0.4, -0.2) is 7.38 Å². The average molecular weight is 277 g/mol. The van der Waals surface area contributed by atoms with Crippen LogP contribution in [-0.2, 0) is 0 Å².